The van der Waals surface area contributed by atoms with Gasteiger partial charge in [-0.15, -0.1) is 0 Å². The molecule has 2 rings (SSSR count). The Morgan fingerprint density at radius 1 is 1.35 bits per heavy atom. The molecule has 0 radical (unpaired) electrons. The van der Waals surface area contributed by atoms with Gasteiger partial charge in [-0.1, -0.05) is 0 Å². The van der Waals surface area contributed by atoms with Crippen LogP contribution in [0.5, 0.6) is 0 Å². The second-order valence-electron chi connectivity index (χ2n) is 4.22. The predicted molar refractivity (Wildman–Crippen MR) is 66.6 cm³/mol. The summed E-state index contributed by atoms with van der Waals surface area (Å²) >= 11 is 0. The third-order valence-corrected chi connectivity index (χ3v) is 3.04. The molecule has 0 saturated heterocycles. The molecule has 0 bridgehead atoms. The summed E-state index contributed by atoms with van der Waals surface area (Å²) in [5.41, 5.74) is 3.64. The van der Waals surface area contributed by atoms with Crippen molar-refractivity contribution in [1.29, 1.82) is 0 Å². The van der Waals surface area contributed by atoms with Crippen LogP contribution < -0.4 is 5.32 Å². The van der Waals surface area contributed by atoms with Gasteiger partial charge < -0.3 is 5.32 Å². The van der Waals surface area contributed by atoms with E-state index in [0.717, 1.165) is 25.3 Å². The van der Waals surface area contributed by atoms with Crippen molar-refractivity contribution in [1.82, 2.24) is 24.9 Å². The van der Waals surface area contributed by atoms with Crippen molar-refractivity contribution in [3.8, 4) is 0 Å². The van der Waals surface area contributed by atoms with Crippen LogP contribution in [-0.2, 0) is 20.1 Å². The Kier molecular flexibility index (Phi) is 3.58. The number of nitrogens with one attached hydrogen (secondary N) is 1. The Bertz CT molecular complexity index is 469. The van der Waals surface area contributed by atoms with Gasteiger partial charge >= 0.3 is 0 Å². The van der Waals surface area contributed by atoms with E-state index >= 15 is 0 Å². The molecule has 1 N–H and O–H groups in total. The summed E-state index contributed by atoms with van der Waals surface area (Å²) in [5, 5.41) is 12.0. The number of aromatic nitrogens is 4. The van der Waals surface area contributed by atoms with Crippen LogP contribution in [0.1, 0.15) is 17.0 Å². The van der Waals surface area contributed by atoms with Gasteiger partial charge in [0.2, 0.25) is 0 Å². The SMILES string of the molecule is Cc1nn(C)c(C)c1CNCCn1cccn1. The molecule has 0 aliphatic rings. The average molecular weight is 233 g/mol. The van der Waals surface area contributed by atoms with Crippen LogP contribution in [0, 0.1) is 13.8 Å². The van der Waals surface area contributed by atoms with E-state index in [1.54, 1.807) is 6.20 Å². The van der Waals surface area contributed by atoms with Crippen molar-refractivity contribution >= 4 is 0 Å². The molecule has 2 heterocycles. The minimum atomic E-state index is 0.868. The van der Waals surface area contributed by atoms with Crippen molar-refractivity contribution in [2.24, 2.45) is 7.05 Å². The van der Waals surface area contributed by atoms with Crippen LogP contribution in [-0.4, -0.2) is 26.1 Å². The number of hydrogen-bond acceptors (Lipinski definition) is 3. The van der Waals surface area contributed by atoms with Gasteiger partial charge in [0.05, 0.1) is 12.2 Å². The molecule has 0 aliphatic heterocycles. The lowest BCUT2D eigenvalue weighted by Crippen LogP contribution is -2.20. The van der Waals surface area contributed by atoms with E-state index in [4.69, 9.17) is 0 Å². The Hall–Kier alpha value is -1.62. The monoisotopic (exact) mass is 233 g/mol. The van der Waals surface area contributed by atoms with Gasteiger partial charge in [-0.2, -0.15) is 10.2 Å². The zero-order valence-electron chi connectivity index (χ0n) is 10.6. The molecule has 0 aromatic carbocycles. The van der Waals surface area contributed by atoms with Crippen molar-refractivity contribution in [3.63, 3.8) is 0 Å². The van der Waals surface area contributed by atoms with Crippen molar-refractivity contribution in [3.05, 3.63) is 35.4 Å². The zero-order chi connectivity index (χ0) is 12.3. The summed E-state index contributed by atoms with van der Waals surface area (Å²) < 4.78 is 3.86. The van der Waals surface area contributed by atoms with Crippen LogP contribution in [0.4, 0.5) is 0 Å². The van der Waals surface area contributed by atoms with E-state index in [1.807, 2.05) is 28.7 Å². The Morgan fingerprint density at radius 2 is 2.18 bits per heavy atom. The smallest absolute Gasteiger partial charge is 0.0641 e. The van der Waals surface area contributed by atoms with E-state index in [0.29, 0.717) is 0 Å². The molecule has 2 aromatic rings. The normalized spacial score (nSPS) is 11.0. The van der Waals surface area contributed by atoms with Crippen molar-refractivity contribution < 1.29 is 0 Å². The fourth-order valence-electron chi connectivity index (χ4n) is 1.91. The van der Waals surface area contributed by atoms with Gasteiger partial charge in [-0.25, -0.2) is 0 Å². The number of aryl methyl sites for hydroxylation is 2. The largest absolute Gasteiger partial charge is 0.311 e. The second kappa shape index (κ2) is 5.14. The Morgan fingerprint density at radius 3 is 2.76 bits per heavy atom. The molecule has 0 aliphatic carbocycles. The third-order valence-electron chi connectivity index (χ3n) is 3.04. The molecule has 0 saturated carbocycles. The van der Waals surface area contributed by atoms with Crippen LogP contribution in [0.2, 0.25) is 0 Å². The minimum Gasteiger partial charge on any atom is -0.311 e. The van der Waals surface area contributed by atoms with Crippen molar-refractivity contribution in [2.45, 2.75) is 26.9 Å². The first-order valence-electron chi connectivity index (χ1n) is 5.85. The molecular weight excluding hydrogens is 214 g/mol. The molecule has 92 valence electrons. The fraction of sp³-hybridized carbons (Fsp3) is 0.500. The lowest BCUT2D eigenvalue weighted by atomic mass is 10.2. The lowest BCUT2D eigenvalue weighted by Gasteiger charge is -2.05. The maximum Gasteiger partial charge on any atom is 0.0641 e. The lowest BCUT2D eigenvalue weighted by molar-refractivity contribution is 0.553. The van der Waals surface area contributed by atoms with E-state index in [9.17, 15) is 0 Å². The highest BCUT2D eigenvalue weighted by molar-refractivity contribution is 5.23. The molecule has 0 unspecified atom stereocenters. The van der Waals surface area contributed by atoms with Crippen LogP contribution in [0.25, 0.3) is 0 Å². The van der Waals surface area contributed by atoms with Gasteiger partial charge in [-0.3, -0.25) is 9.36 Å². The van der Waals surface area contributed by atoms with E-state index in [-0.39, 0.29) is 0 Å². The first kappa shape index (κ1) is 11.9. The minimum absolute atomic E-state index is 0.868. The zero-order valence-corrected chi connectivity index (χ0v) is 10.6. The molecular formula is C12H19N5. The average Bonchev–Trinajstić information content (AvgIpc) is 2.87. The van der Waals surface area contributed by atoms with Gasteiger partial charge in [0.15, 0.2) is 0 Å². The van der Waals surface area contributed by atoms with E-state index in [2.05, 4.69) is 29.4 Å². The van der Waals surface area contributed by atoms with Crippen LogP contribution in [0.3, 0.4) is 0 Å². The molecule has 0 spiro atoms. The summed E-state index contributed by atoms with van der Waals surface area (Å²) in [6.07, 6.45) is 3.78. The number of hydrogen-bond donors (Lipinski definition) is 1. The summed E-state index contributed by atoms with van der Waals surface area (Å²) in [4.78, 5) is 0. The van der Waals surface area contributed by atoms with E-state index in [1.165, 1.54) is 11.3 Å². The van der Waals surface area contributed by atoms with Crippen molar-refractivity contribution in [2.75, 3.05) is 6.54 Å². The van der Waals surface area contributed by atoms with Crippen LogP contribution in [0.15, 0.2) is 18.5 Å². The molecule has 0 amide bonds. The first-order chi connectivity index (χ1) is 8.18. The Labute approximate surface area is 101 Å². The standard InChI is InChI=1S/C12H19N5/c1-10-12(11(2)16(3)15-10)9-13-6-8-17-7-4-5-14-17/h4-5,7,13H,6,8-9H2,1-3H3. The quantitative estimate of drug-likeness (QED) is 0.784. The van der Waals surface area contributed by atoms with E-state index < -0.39 is 0 Å². The maximum absolute atomic E-state index is 4.40. The molecule has 0 fully saturated rings. The summed E-state index contributed by atoms with van der Waals surface area (Å²) in [6.45, 7) is 6.83. The fourth-order valence-corrected chi connectivity index (χ4v) is 1.91. The molecule has 0 atom stereocenters. The summed E-state index contributed by atoms with van der Waals surface area (Å²) in [6, 6.07) is 1.94. The topological polar surface area (TPSA) is 47.7 Å². The molecule has 2 aromatic heterocycles. The van der Waals surface area contributed by atoms with Gasteiger partial charge in [0.1, 0.15) is 0 Å². The summed E-state index contributed by atoms with van der Waals surface area (Å²) in [7, 11) is 1.98. The molecule has 17 heavy (non-hydrogen) atoms. The maximum atomic E-state index is 4.40. The molecule has 5 heteroatoms. The predicted octanol–water partition coefficient (Wildman–Crippen LogP) is 1.02. The van der Waals surface area contributed by atoms with Crippen LogP contribution >= 0.6 is 0 Å². The second-order valence-corrected chi connectivity index (χ2v) is 4.22. The summed E-state index contributed by atoms with van der Waals surface area (Å²) in [5.74, 6) is 0. The highest BCUT2D eigenvalue weighted by Gasteiger charge is 2.07. The molecule has 5 nitrogen and oxygen atoms in total. The first-order valence-corrected chi connectivity index (χ1v) is 5.85. The highest BCUT2D eigenvalue weighted by atomic mass is 15.3. The number of nitrogens with zero attached hydrogens (tertiary/aromatic N) is 4. The van der Waals surface area contributed by atoms with Gasteiger partial charge in [0.25, 0.3) is 0 Å². The Balaban J connectivity index is 1.82. The van der Waals surface area contributed by atoms with Gasteiger partial charge in [0, 0.05) is 43.8 Å². The highest BCUT2D eigenvalue weighted by Crippen LogP contribution is 2.10. The third kappa shape index (κ3) is 2.74. The number of rotatable bonds is 5. The van der Waals surface area contributed by atoms with Gasteiger partial charge in [-0.05, 0) is 19.9 Å².